The molecule has 2 amide bonds. The number of para-hydroxylation sites is 1. The molecule has 1 aliphatic heterocycles. The van der Waals surface area contributed by atoms with Gasteiger partial charge in [0.15, 0.2) is 34.6 Å². The maximum absolute atomic E-state index is 14.1. The first-order chi connectivity index (χ1) is 65.1. The van der Waals surface area contributed by atoms with Gasteiger partial charge in [-0.2, -0.15) is 14.5 Å². The molecule has 696 valence electrons. The van der Waals surface area contributed by atoms with E-state index >= 15 is 0 Å². The Kier molecular flexibility index (Phi) is 34.4. The van der Waals surface area contributed by atoms with Crippen LogP contribution < -0.4 is 62.1 Å². The number of nitrogens with one attached hydrogen (secondary N) is 2. The van der Waals surface area contributed by atoms with Gasteiger partial charge in [0.2, 0.25) is 10.0 Å². The smallest absolute Gasteiger partial charge is 0.571 e. The van der Waals surface area contributed by atoms with Gasteiger partial charge in [-0.05, 0) is 182 Å². The molecular formula is C96H90Cl2F3N18NaO13S3. The molecule has 0 spiro atoms. The van der Waals surface area contributed by atoms with E-state index in [0.29, 0.717) is 78.5 Å². The molecule has 1 aliphatic carbocycles. The number of nitrogens with two attached hydrogens (primary N) is 3. The molecule has 2 fully saturated rings. The second-order valence-corrected chi connectivity index (χ2v) is 37.0. The largest absolute Gasteiger partial charge is 1.00 e. The molecule has 1 saturated heterocycles. The molecule has 8 aromatic carbocycles. The number of carbonyl (C=O) groups excluding carboxylic acids is 2. The second-order valence-electron chi connectivity index (χ2n) is 31.1. The summed E-state index contributed by atoms with van der Waals surface area (Å²) < 4.78 is 117. The van der Waals surface area contributed by atoms with Crippen molar-refractivity contribution in [3.05, 3.63) is 330 Å². The van der Waals surface area contributed by atoms with E-state index in [4.69, 9.17) is 55.0 Å². The summed E-state index contributed by atoms with van der Waals surface area (Å²) in [5.41, 5.74) is 27.8. The van der Waals surface area contributed by atoms with Gasteiger partial charge in [0.05, 0.1) is 65.2 Å². The Morgan fingerprint density at radius 3 is 1.83 bits per heavy atom. The molecule has 0 bridgehead atoms. The van der Waals surface area contributed by atoms with Gasteiger partial charge in [-0.25, -0.2) is 78.9 Å². The summed E-state index contributed by atoms with van der Waals surface area (Å²) in [6.07, 6.45) is 10.3. The van der Waals surface area contributed by atoms with Crippen LogP contribution in [0.15, 0.2) is 252 Å². The summed E-state index contributed by atoms with van der Waals surface area (Å²) in [4.78, 5) is 74.7. The number of pyridine rings is 2. The number of carboxylic acid groups (broad SMARTS) is 2. The number of rotatable bonds is 32. The van der Waals surface area contributed by atoms with E-state index in [1.807, 2.05) is 48.5 Å². The fourth-order valence-electron chi connectivity index (χ4n) is 14.4. The molecule has 10 N–H and O–H groups in total. The molecule has 15 aromatic rings. The monoisotopic (exact) mass is 1950 g/mol. The Bertz CT molecular complexity index is 6970. The van der Waals surface area contributed by atoms with E-state index in [1.165, 1.54) is 100 Å². The molecule has 136 heavy (non-hydrogen) atoms. The number of sulfonamides is 2. The van der Waals surface area contributed by atoms with Gasteiger partial charge >= 0.3 is 47.6 Å². The van der Waals surface area contributed by atoms with Gasteiger partial charge in [0.25, 0.3) is 5.91 Å². The van der Waals surface area contributed by atoms with Crippen molar-refractivity contribution in [3.8, 4) is 28.8 Å². The molecule has 0 atom stereocenters. The number of hydrogen-bond acceptors (Lipinski definition) is 24. The van der Waals surface area contributed by atoms with Crippen LogP contribution in [0.3, 0.4) is 0 Å². The fraction of sp³-hybridized carbons (Fsp3) is 0.208. The number of aromatic carboxylic acids is 1. The zero-order chi connectivity index (χ0) is 95.3. The summed E-state index contributed by atoms with van der Waals surface area (Å²) in [6, 6.07) is 64.4. The Morgan fingerprint density at radius 1 is 0.610 bits per heavy atom. The third-order valence-corrected chi connectivity index (χ3v) is 26.7. The number of amides is 2. The Labute approximate surface area is 816 Å². The molecule has 1 saturated carbocycles. The van der Waals surface area contributed by atoms with Crippen molar-refractivity contribution >= 4 is 135 Å². The number of aryl methyl sites for hydroxylation is 2. The zero-order valence-corrected chi connectivity index (χ0v) is 79.4. The van der Waals surface area contributed by atoms with Crippen molar-refractivity contribution in [3.63, 3.8) is 0 Å². The van der Waals surface area contributed by atoms with Crippen LogP contribution in [0.25, 0.3) is 49.8 Å². The van der Waals surface area contributed by atoms with Gasteiger partial charge in [-0.15, -0.1) is 17.0 Å². The van der Waals surface area contributed by atoms with E-state index in [-0.39, 0.29) is 143 Å². The normalized spacial score (nSPS) is 12.5. The number of methoxy groups -OCH3 is 1. The summed E-state index contributed by atoms with van der Waals surface area (Å²) in [5.74, 6) is -1.69. The minimum absolute atomic E-state index is 0. The number of aromatic nitrogens is 10. The number of morpholine rings is 1. The summed E-state index contributed by atoms with van der Waals surface area (Å²) in [7, 11) is -6.62. The molecule has 0 radical (unpaired) electrons. The summed E-state index contributed by atoms with van der Waals surface area (Å²) in [6.45, 7) is 4.18. The van der Waals surface area contributed by atoms with Crippen LogP contribution in [-0.4, -0.2) is 156 Å². The molecule has 40 heteroatoms. The first-order valence-corrected chi connectivity index (χ1v) is 46.9. The molecule has 31 nitrogen and oxygen atoms in total. The topological polar surface area (TPSA) is 440 Å². The van der Waals surface area contributed by atoms with Crippen molar-refractivity contribution in [2.24, 2.45) is 0 Å². The molecular weight excluding hydrogens is 1860 g/mol. The first-order valence-electron chi connectivity index (χ1n) is 42.4. The number of nitrogens with zero attached hydrogens (tertiary/aromatic N) is 13. The number of carboxylic acids is 2. The molecule has 17 rings (SSSR count). The third kappa shape index (κ3) is 26.7. The minimum atomic E-state index is -4.11. The van der Waals surface area contributed by atoms with E-state index in [2.05, 4.69) is 120 Å². The van der Waals surface area contributed by atoms with E-state index < -0.39 is 55.6 Å². The molecule has 0 unspecified atom stereocenters. The van der Waals surface area contributed by atoms with Crippen LogP contribution in [0.5, 0.6) is 5.75 Å². The van der Waals surface area contributed by atoms with Crippen molar-refractivity contribution in [2.75, 3.05) is 74.3 Å². The number of hydrogen-bond donors (Lipinski definition) is 7. The van der Waals surface area contributed by atoms with Crippen molar-refractivity contribution in [1.82, 2.24) is 58.7 Å². The predicted octanol–water partition coefficient (Wildman–Crippen LogP) is 14.9. The summed E-state index contributed by atoms with van der Waals surface area (Å²) >= 11 is 12.7. The Hall–Kier alpha value is -13.3. The van der Waals surface area contributed by atoms with Crippen LogP contribution in [0.4, 0.5) is 52.5 Å². The number of aliphatic carboxylic acids is 1. The zero-order valence-electron chi connectivity index (χ0n) is 73.4. The van der Waals surface area contributed by atoms with Crippen LogP contribution in [-0.2, 0) is 79.8 Å². The number of halogens is 5. The van der Waals surface area contributed by atoms with Crippen molar-refractivity contribution < 1.29 is 103 Å². The fourth-order valence-corrected chi connectivity index (χ4v) is 18.5. The number of anilines is 5. The van der Waals surface area contributed by atoms with Crippen molar-refractivity contribution in [1.29, 1.82) is 0 Å². The number of fused-ring (bicyclic) bond motifs is 2. The number of unbranched alkanes of at least 4 members (excludes halogenated alkanes) is 1. The van der Waals surface area contributed by atoms with Crippen LogP contribution in [0, 0.1) is 17.5 Å². The molecule has 7 aromatic heterocycles. The van der Waals surface area contributed by atoms with Crippen LogP contribution in [0.1, 0.15) is 103 Å². The van der Waals surface area contributed by atoms with Crippen LogP contribution >= 0.6 is 34.5 Å². The Morgan fingerprint density at radius 2 is 1.21 bits per heavy atom. The first kappa shape index (κ1) is 100. The predicted molar refractivity (Wildman–Crippen MR) is 509 cm³/mol. The average Bonchev–Trinajstić information content (AvgIpc) is 1.62. The van der Waals surface area contributed by atoms with Gasteiger partial charge in [0.1, 0.15) is 66.9 Å². The van der Waals surface area contributed by atoms with E-state index in [1.54, 1.807) is 65.6 Å². The SMILES string of the molecule is COC(=O)Nc1c(N)nc(-c2nn(Cc3ccccc3F)c3ncc(F)cc23)nc1N.Nc1nc(-c2nn(Cc3ccccc3F)c3ncccc23)ncc1C1CC1.O=C(Nc1ccc(S(=O)(=O)N2CCOCC2)cc1)c1cc(Cl)ccc1[N-]S(=O)(=O)c1ccc(Cl)s1.O=C(O)CCCCN(CCc1ccccc1OCc1ccc(CCc2ccccc2)cc1)Cc1ccc(C(=O)O)cc1.[Na+]. The standard InChI is InChI=1S/C36H39NO5.C21H19Cl2N3O6S3.C20H17FN6.C19H16F2N8O2.Na/c38-35(39)12-6-7-24-37(26-30-19-21-33(22-20-30)36(40)41)25-23-32-10-4-5-11-34(32)42-27-31-17-15-29(16-18-31)14-13-28-8-2-1-3-9-28;22-14-1-6-18(25-34(28,29)20-8-7-19(23)33-20)17(13-14)21(27)24-15-2-4-16(5-3-15)35(30,31)26-9-11-32-12-10-26;21-16-6-2-1-4-13(16)11-27-20-14(5-3-9-23-20)17(26-27)19-24-10-15(12-7-8-12)18(22)25-19;1-31-19(30)25-14-15(22)26-17(27-16(14)23)13-11-6-10(20)7-24-18(11)29(28-13)8-9-4-2-3-5-12(9)21;/h1-5,8-11,15-22H,6-7,12-14,23-27H2,(H,38,39)(H,40,41);1-8,13H,9-12H2,(H2,24,25,27);1-6,9-10,12H,7-8,11H2,(H2,22,24,25);2-7H,8H2,1H3,(H,25,30)(H4,22,23,26,27);/q;;;;+1/p-1. The van der Waals surface area contributed by atoms with Crippen LogP contribution in [0.2, 0.25) is 9.36 Å². The second kappa shape index (κ2) is 46.8. The van der Waals surface area contributed by atoms with Gasteiger partial charge in [-0.1, -0.05) is 151 Å². The maximum Gasteiger partial charge on any atom is 1.00 e. The van der Waals surface area contributed by atoms with Gasteiger partial charge in [-0.3, -0.25) is 19.8 Å². The maximum atomic E-state index is 14.1. The van der Waals surface area contributed by atoms with E-state index in [0.717, 1.165) is 103 Å². The van der Waals surface area contributed by atoms with E-state index in [9.17, 15) is 54.3 Å². The molecule has 2 aliphatic rings. The van der Waals surface area contributed by atoms with Gasteiger partial charge < -0.3 is 51.7 Å². The Balaban J connectivity index is 0.000000155. The quantitative estimate of drug-likeness (QED) is 0.0152. The van der Waals surface area contributed by atoms with Gasteiger partial charge in [0, 0.05) is 78.0 Å². The van der Waals surface area contributed by atoms with Crippen molar-refractivity contribution in [2.45, 2.75) is 92.6 Å². The number of nitrogen functional groups attached to an aromatic ring is 3. The number of benzene rings is 8. The number of ether oxygens (including phenoxy) is 3. The number of carbonyl (C=O) groups is 4. The minimum Gasteiger partial charge on any atom is -0.571 e. The number of thiophene rings is 1. The average molecular weight is 1950 g/mol. The third-order valence-electron chi connectivity index (χ3n) is 21.6. The summed E-state index contributed by atoms with van der Waals surface area (Å²) in [5, 5.41) is 33.5. The molecule has 8 heterocycles.